The van der Waals surface area contributed by atoms with Crippen LogP contribution in [-0.2, 0) is 0 Å². The van der Waals surface area contributed by atoms with Gasteiger partial charge in [-0.15, -0.1) is 0 Å². The minimum absolute atomic E-state index is 0.00528. The molecule has 0 unspecified atom stereocenters. The number of anilines is 1. The summed E-state index contributed by atoms with van der Waals surface area (Å²) in [5.74, 6) is 0.473. The van der Waals surface area contributed by atoms with Gasteiger partial charge in [0, 0.05) is 29.4 Å². The van der Waals surface area contributed by atoms with Gasteiger partial charge in [0.25, 0.3) is 5.56 Å². The summed E-state index contributed by atoms with van der Waals surface area (Å²) in [6.45, 7) is 4.02. The minimum atomic E-state index is -0.0195. The van der Waals surface area contributed by atoms with Gasteiger partial charge in [-0.25, -0.2) is 9.50 Å². The largest absolute Gasteiger partial charge is 0.384 e. The number of benzene rings is 2. The molecular formula is C24H21N5O. The zero-order valence-corrected chi connectivity index (χ0v) is 16.8. The van der Waals surface area contributed by atoms with E-state index >= 15 is 0 Å². The SMILES string of the molecule is CC(C)n1c(=O)c2ccc(-c3ccc(N)nc3)cc2n2nc(-c3ccccc3)cc12. The van der Waals surface area contributed by atoms with E-state index in [4.69, 9.17) is 10.8 Å². The molecule has 0 saturated heterocycles. The molecule has 6 nitrogen and oxygen atoms in total. The first-order valence-electron chi connectivity index (χ1n) is 9.88. The highest BCUT2D eigenvalue weighted by atomic mass is 16.1. The Bertz CT molecular complexity index is 1430. The first kappa shape index (κ1) is 18.1. The van der Waals surface area contributed by atoms with Crippen molar-refractivity contribution in [3.05, 3.63) is 83.3 Å². The second kappa shape index (κ2) is 6.84. The number of nitrogen functional groups attached to an aromatic ring is 1. The Morgan fingerprint density at radius 3 is 2.37 bits per heavy atom. The van der Waals surface area contributed by atoms with E-state index in [0.717, 1.165) is 33.5 Å². The summed E-state index contributed by atoms with van der Waals surface area (Å²) >= 11 is 0. The molecule has 0 aliphatic carbocycles. The second-order valence-electron chi connectivity index (χ2n) is 7.64. The Balaban J connectivity index is 1.84. The number of nitrogens with two attached hydrogens (primary N) is 1. The van der Waals surface area contributed by atoms with Crippen LogP contribution in [-0.4, -0.2) is 19.2 Å². The van der Waals surface area contributed by atoms with E-state index in [-0.39, 0.29) is 11.6 Å². The van der Waals surface area contributed by atoms with E-state index in [9.17, 15) is 4.79 Å². The van der Waals surface area contributed by atoms with E-state index in [1.54, 1.807) is 16.8 Å². The van der Waals surface area contributed by atoms with Crippen LogP contribution in [0.4, 0.5) is 5.82 Å². The lowest BCUT2D eigenvalue weighted by Crippen LogP contribution is -2.24. The van der Waals surface area contributed by atoms with Crippen molar-refractivity contribution in [1.29, 1.82) is 0 Å². The standard InChI is InChI=1S/C24H21N5O/c1-15(2)28-23-13-20(16-6-4-3-5-7-16)27-29(23)21-12-17(8-10-19(21)24(28)30)18-9-11-22(25)26-14-18/h3-15H,1-2H3,(H2,25,26). The number of fused-ring (bicyclic) bond motifs is 3. The van der Waals surface area contributed by atoms with Crippen LogP contribution in [0.25, 0.3) is 38.9 Å². The third-order valence-electron chi connectivity index (χ3n) is 5.32. The van der Waals surface area contributed by atoms with Crippen molar-refractivity contribution in [2.75, 3.05) is 5.73 Å². The summed E-state index contributed by atoms with van der Waals surface area (Å²) in [4.78, 5) is 17.5. The third-order valence-corrected chi connectivity index (χ3v) is 5.32. The topological polar surface area (TPSA) is 78.2 Å². The zero-order valence-electron chi connectivity index (χ0n) is 16.8. The normalized spacial score (nSPS) is 11.6. The highest BCUT2D eigenvalue weighted by molar-refractivity contribution is 5.86. The predicted octanol–water partition coefficient (Wildman–Crippen LogP) is 4.54. The molecule has 0 aliphatic heterocycles. The van der Waals surface area contributed by atoms with Gasteiger partial charge < -0.3 is 5.73 Å². The molecule has 3 heterocycles. The Kier molecular flexibility index (Phi) is 4.13. The Hall–Kier alpha value is -3.93. The fraction of sp³-hybridized carbons (Fsp3) is 0.125. The second-order valence-corrected chi connectivity index (χ2v) is 7.64. The first-order valence-corrected chi connectivity index (χ1v) is 9.88. The van der Waals surface area contributed by atoms with E-state index in [1.165, 1.54) is 0 Å². The highest BCUT2D eigenvalue weighted by Crippen LogP contribution is 2.27. The summed E-state index contributed by atoms with van der Waals surface area (Å²) in [7, 11) is 0. The molecule has 5 rings (SSSR count). The number of hydrogen-bond donors (Lipinski definition) is 1. The molecule has 0 radical (unpaired) electrons. The molecule has 30 heavy (non-hydrogen) atoms. The van der Waals surface area contributed by atoms with Gasteiger partial charge >= 0.3 is 0 Å². The maximum Gasteiger partial charge on any atom is 0.261 e. The Labute approximate surface area is 173 Å². The lowest BCUT2D eigenvalue weighted by molar-refractivity contribution is 0.592. The molecule has 0 saturated carbocycles. The molecule has 148 valence electrons. The number of rotatable bonds is 3. The monoisotopic (exact) mass is 395 g/mol. The maximum absolute atomic E-state index is 13.3. The molecule has 5 aromatic rings. The van der Waals surface area contributed by atoms with Crippen molar-refractivity contribution in [2.45, 2.75) is 19.9 Å². The van der Waals surface area contributed by atoms with Crippen LogP contribution in [0.1, 0.15) is 19.9 Å². The van der Waals surface area contributed by atoms with Crippen LogP contribution < -0.4 is 11.3 Å². The molecule has 2 aromatic carbocycles. The molecular weight excluding hydrogens is 374 g/mol. The number of pyridine rings is 1. The van der Waals surface area contributed by atoms with Crippen molar-refractivity contribution in [3.8, 4) is 22.4 Å². The summed E-state index contributed by atoms with van der Waals surface area (Å²) in [6, 6.07) is 21.5. The fourth-order valence-electron chi connectivity index (χ4n) is 3.85. The van der Waals surface area contributed by atoms with E-state index in [1.807, 2.05) is 79.0 Å². The lowest BCUT2D eigenvalue weighted by Gasteiger charge is -2.14. The smallest absolute Gasteiger partial charge is 0.261 e. The zero-order chi connectivity index (χ0) is 20.8. The van der Waals surface area contributed by atoms with Gasteiger partial charge in [0.1, 0.15) is 11.5 Å². The van der Waals surface area contributed by atoms with Crippen molar-refractivity contribution in [2.24, 2.45) is 0 Å². The van der Waals surface area contributed by atoms with Gasteiger partial charge in [0.2, 0.25) is 0 Å². The fourth-order valence-corrected chi connectivity index (χ4v) is 3.85. The van der Waals surface area contributed by atoms with Crippen molar-refractivity contribution in [1.82, 2.24) is 19.2 Å². The van der Waals surface area contributed by atoms with E-state index in [2.05, 4.69) is 4.98 Å². The minimum Gasteiger partial charge on any atom is -0.384 e. The van der Waals surface area contributed by atoms with Gasteiger partial charge in [-0.3, -0.25) is 9.36 Å². The molecule has 6 heteroatoms. The van der Waals surface area contributed by atoms with E-state index in [0.29, 0.717) is 11.2 Å². The Morgan fingerprint density at radius 1 is 0.900 bits per heavy atom. The van der Waals surface area contributed by atoms with Crippen LogP contribution in [0.3, 0.4) is 0 Å². The van der Waals surface area contributed by atoms with Crippen molar-refractivity contribution >= 4 is 22.4 Å². The summed E-state index contributed by atoms with van der Waals surface area (Å²) < 4.78 is 3.67. The van der Waals surface area contributed by atoms with Gasteiger partial charge in [-0.1, -0.05) is 36.4 Å². The van der Waals surface area contributed by atoms with Gasteiger partial charge in [-0.2, -0.15) is 5.10 Å². The van der Waals surface area contributed by atoms with E-state index < -0.39 is 0 Å². The third kappa shape index (κ3) is 2.85. The molecule has 0 amide bonds. The van der Waals surface area contributed by atoms with Crippen LogP contribution in [0.2, 0.25) is 0 Å². The van der Waals surface area contributed by atoms with Crippen molar-refractivity contribution < 1.29 is 0 Å². The number of hydrogen-bond acceptors (Lipinski definition) is 4. The molecule has 0 atom stereocenters. The quantitative estimate of drug-likeness (QED) is 0.486. The van der Waals surface area contributed by atoms with Crippen LogP contribution in [0.15, 0.2) is 77.7 Å². The van der Waals surface area contributed by atoms with Crippen LogP contribution in [0, 0.1) is 0 Å². The van der Waals surface area contributed by atoms with Crippen molar-refractivity contribution in [3.63, 3.8) is 0 Å². The van der Waals surface area contributed by atoms with Gasteiger partial charge in [-0.05, 0) is 43.7 Å². The average Bonchev–Trinajstić information content (AvgIpc) is 3.19. The molecule has 0 bridgehead atoms. The summed E-state index contributed by atoms with van der Waals surface area (Å²) in [5, 5.41) is 5.50. The molecule has 0 aliphatic rings. The average molecular weight is 395 g/mol. The van der Waals surface area contributed by atoms with Gasteiger partial charge in [0.15, 0.2) is 0 Å². The lowest BCUT2D eigenvalue weighted by atomic mass is 10.1. The number of nitrogens with zero attached hydrogens (tertiary/aromatic N) is 4. The molecule has 0 fully saturated rings. The highest BCUT2D eigenvalue weighted by Gasteiger charge is 2.17. The van der Waals surface area contributed by atoms with Crippen LogP contribution in [0.5, 0.6) is 0 Å². The maximum atomic E-state index is 13.3. The van der Waals surface area contributed by atoms with Crippen LogP contribution >= 0.6 is 0 Å². The molecule has 2 N–H and O–H groups in total. The first-order chi connectivity index (χ1) is 14.5. The molecule has 3 aromatic heterocycles. The Morgan fingerprint density at radius 2 is 1.67 bits per heavy atom. The summed E-state index contributed by atoms with van der Waals surface area (Å²) in [5.41, 5.74) is 11.0. The molecule has 0 spiro atoms. The predicted molar refractivity (Wildman–Crippen MR) is 120 cm³/mol. The summed E-state index contributed by atoms with van der Waals surface area (Å²) in [6.07, 6.45) is 1.74. The number of aromatic nitrogens is 4. The van der Waals surface area contributed by atoms with Gasteiger partial charge in [0.05, 0.1) is 16.6 Å².